The number of ether oxygens (including phenoxy) is 2. The number of likely N-dealkylation sites (tertiary alicyclic amines) is 1. The third-order valence-corrected chi connectivity index (χ3v) is 4.90. The molecule has 1 N–H and O–H groups in total. The van der Waals surface area contributed by atoms with E-state index in [0.717, 1.165) is 43.9 Å². The Bertz CT molecular complexity index is 614. The minimum Gasteiger partial charge on any atom is -0.492 e. The van der Waals surface area contributed by atoms with Crippen LogP contribution >= 0.6 is 0 Å². The van der Waals surface area contributed by atoms with Crippen molar-refractivity contribution < 1.29 is 14.3 Å². The maximum Gasteiger partial charge on any atom is 0.407 e. The zero-order valence-electron chi connectivity index (χ0n) is 15.1. The van der Waals surface area contributed by atoms with E-state index in [1.807, 2.05) is 32.9 Å². The van der Waals surface area contributed by atoms with Gasteiger partial charge in [-0.15, -0.1) is 0 Å². The summed E-state index contributed by atoms with van der Waals surface area (Å²) >= 11 is 0. The molecule has 24 heavy (non-hydrogen) atoms. The van der Waals surface area contributed by atoms with Crippen LogP contribution in [0.5, 0.6) is 5.75 Å². The number of carbonyl (C=O) groups is 1. The van der Waals surface area contributed by atoms with E-state index in [-0.39, 0.29) is 11.5 Å². The van der Waals surface area contributed by atoms with Crippen LogP contribution in [0.1, 0.15) is 44.7 Å². The topological polar surface area (TPSA) is 50.8 Å². The fraction of sp³-hybridized carbons (Fsp3) is 0.632. The molecule has 1 fully saturated rings. The van der Waals surface area contributed by atoms with Gasteiger partial charge in [0.2, 0.25) is 0 Å². The summed E-state index contributed by atoms with van der Waals surface area (Å²) in [4.78, 5) is 14.2. The van der Waals surface area contributed by atoms with E-state index in [4.69, 9.17) is 9.47 Å². The second-order valence-electron chi connectivity index (χ2n) is 8.06. The van der Waals surface area contributed by atoms with Gasteiger partial charge in [0, 0.05) is 17.5 Å². The van der Waals surface area contributed by atoms with Gasteiger partial charge in [0.05, 0.1) is 6.61 Å². The maximum absolute atomic E-state index is 11.8. The van der Waals surface area contributed by atoms with Crippen molar-refractivity contribution in [3.8, 4) is 5.75 Å². The summed E-state index contributed by atoms with van der Waals surface area (Å²) < 4.78 is 11.2. The first-order chi connectivity index (χ1) is 11.3. The molecule has 0 aliphatic carbocycles. The number of fused-ring (bicyclic) bond motifs is 2. The second-order valence-corrected chi connectivity index (χ2v) is 8.06. The third kappa shape index (κ3) is 3.66. The van der Waals surface area contributed by atoms with Crippen LogP contribution in [0.2, 0.25) is 0 Å². The highest BCUT2D eigenvalue weighted by Crippen LogP contribution is 2.45. The number of piperidine rings is 1. The molecular weight excluding hydrogens is 304 g/mol. The van der Waals surface area contributed by atoms with Crippen molar-refractivity contribution >= 4 is 6.09 Å². The quantitative estimate of drug-likeness (QED) is 0.904. The molecule has 1 saturated heterocycles. The summed E-state index contributed by atoms with van der Waals surface area (Å²) in [5.41, 5.74) is 2.06. The molecule has 5 nitrogen and oxygen atoms in total. The number of rotatable bonds is 2. The Morgan fingerprint density at radius 1 is 1.33 bits per heavy atom. The van der Waals surface area contributed by atoms with Crippen LogP contribution in [-0.4, -0.2) is 43.3 Å². The number of hydrogen-bond acceptors (Lipinski definition) is 4. The predicted molar refractivity (Wildman–Crippen MR) is 93.4 cm³/mol. The predicted octanol–water partition coefficient (Wildman–Crippen LogP) is 3.07. The lowest BCUT2D eigenvalue weighted by Gasteiger charge is -2.36. The Balaban J connectivity index is 1.69. The molecule has 0 radical (unpaired) electrons. The van der Waals surface area contributed by atoms with Gasteiger partial charge in [0.25, 0.3) is 0 Å². The van der Waals surface area contributed by atoms with Gasteiger partial charge in [-0.05, 0) is 71.4 Å². The molecule has 1 aromatic rings. The van der Waals surface area contributed by atoms with E-state index in [9.17, 15) is 4.79 Å². The standard InChI is InChI=1S/C19H28N2O3/c1-18(2,3)24-17(22)20-12-14-5-6-16-15(11-14)19(13-23-16)7-9-21(4)10-8-19/h5-6,11H,7-10,12-13H2,1-4H3,(H,20,22). The molecule has 0 saturated carbocycles. The summed E-state index contributed by atoms with van der Waals surface area (Å²) in [6.45, 7) is 9.04. The zero-order valence-corrected chi connectivity index (χ0v) is 15.1. The van der Waals surface area contributed by atoms with Gasteiger partial charge in [-0.1, -0.05) is 6.07 Å². The van der Waals surface area contributed by atoms with Gasteiger partial charge in [-0.3, -0.25) is 0 Å². The molecule has 2 heterocycles. The fourth-order valence-electron chi connectivity index (χ4n) is 3.47. The average Bonchev–Trinajstić information content (AvgIpc) is 2.85. The molecule has 1 amide bonds. The Labute approximate surface area is 144 Å². The Kier molecular flexibility index (Phi) is 4.47. The lowest BCUT2D eigenvalue weighted by atomic mass is 9.74. The Morgan fingerprint density at radius 3 is 2.71 bits per heavy atom. The highest BCUT2D eigenvalue weighted by Gasteiger charge is 2.42. The van der Waals surface area contributed by atoms with Crippen LogP contribution in [0.15, 0.2) is 18.2 Å². The van der Waals surface area contributed by atoms with E-state index in [2.05, 4.69) is 23.3 Å². The molecule has 1 aromatic carbocycles. The number of amides is 1. The lowest BCUT2D eigenvalue weighted by Crippen LogP contribution is -2.41. The molecule has 0 aromatic heterocycles. The smallest absolute Gasteiger partial charge is 0.407 e. The van der Waals surface area contributed by atoms with Crippen LogP contribution in [-0.2, 0) is 16.7 Å². The van der Waals surface area contributed by atoms with Gasteiger partial charge in [-0.25, -0.2) is 4.79 Å². The van der Waals surface area contributed by atoms with Crippen LogP contribution in [0.25, 0.3) is 0 Å². The first-order valence-corrected chi connectivity index (χ1v) is 8.69. The molecule has 132 valence electrons. The van der Waals surface area contributed by atoms with Gasteiger partial charge in [-0.2, -0.15) is 0 Å². The molecule has 3 rings (SSSR count). The monoisotopic (exact) mass is 332 g/mol. The van der Waals surface area contributed by atoms with Gasteiger partial charge >= 0.3 is 6.09 Å². The van der Waals surface area contributed by atoms with Gasteiger partial charge < -0.3 is 19.7 Å². The van der Waals surface area contributed by atoms with Crippen LogP contribution < -0.4 is 10.1 Å². The van der Waals surface area contributed by atoms with E-state index >= 15 is 0 Å². The number of hydrogen-bond donors (Lipinski definition) is 1. The highest BCUT2D eigenvalue weighted by atomic mass is 16.6. The molecular formula is C19H28N2O3. The molecule has 0 bridgehead atoms. The summed E-state index contributed by atoms with van der Waals surface area (Å²) in [7, 11) is 2.17. The Morgan fingerprint density at radius 2 is 2.04 bits per heavy atom. The van der Waals surface area contributed by atoms with Crippen molar-refractivity contribution in [2.24, 2.45) is 0 Å². The van der Waals surface area contributed by atoms with E-state index < -0.39 is 5.60 Å². The van der Waals surface area contributed by atoms with Crippen molar-refractivity contribution in [2.75, 3.05) is 26.7 Å². The first-order valence-electron chi connectivity index (χ1n) is 8.69. The second kappa shape index (κ2) is 6.28. The van der Waals surface area contributed by atoms with Gasteiger partial charge in [0.1, 0.15) is 11.4 Å². The highest BCUT2D eigenvalue weighted by molar-refractivity contribution is 5.67. The summed E-state index contributed by atoms with van der Waals surface area (Å²) in [6.07, 6.45) is 1.87. The molecule has 0 unspecified atom stereocenters. The third-order valence-electron chi connectivity index (χ3n) is 4.90. The number of benzene rings is 1. The van der Waals surface area contributed by atoms with E-state index in [1.165, 1.54) is 5.56 Å². The molecule has 5 heteroatoms. The number of carbonyl (C=O) groups excluding carboxylic acids is 1. The number of nitrogens with one attached hydrogen (secondary N) is 1. The molecule has 0 atom stereocenters. The zero-order chi connectivity index (χ0) is 17.4. The van der Waals surface area contributed by atoms with Crippen LogP contribution in [0.4, 0.5) is 4.79 Å². The normalized spacial score (nSPS) is 19.7. The molecule has 2 aliphatic rings. The van der Waals surface area contributed by atoms with Crippen molar-refractivity contribution in [3.05, 3.63) is 29.3 Å². The largest absolute Gasteiger partial charge is 0.492 e. The van der Waals surface area contributed by atoms with Gasteiger partial charge in [0.15, 0.2) is 0 Å². The summed E-state index contributed by atoms with van der Waals surface area (Å²) in [6, 6.07) is 6.25. The fourth-order valence-corrected chi connectivity index (χ4v) is 3.47. The maximum atomic E-state index is 11.8. The van der Waals surface area contributed by atoms with Crippen molar-refractivity contribution in [3.63, 3.8) is 0 Å². The van der Waals surface area contributed by atoms with Crippen molar-refractivity contribution in [2.45, 2.75) is 51.2 Å². The van der Waals surface area contributed by atoms with E-state index in [1.54, 1.807) is 0 Å². The minimum absolute atomic E-state index is 0.143. The van der Waals surface area contributed by atoms with Crippen molar-refractivity contribution in [1.82, 2.24) is 10.2 Å². The average molecular weight is 332 g/mol. The molecule has 2 aliphatic heterocycles. The van der Waals surface area contributed by atoms with E-state index in [0.29, 0.717) is 6.54 Å². The molecule has 1 spiro atoms. The van der Waals surface area contributed by atoms with Crippen molar-refractivity contribution in [1.29, 1.82) is 0 Å². The number of nitrogens with zero attached hydrogens (tertiary/aromatic N) is 1. The van der Waals surface area contributed by atoms with Crippen LogP contribution in [0.3, 0.4) is 0 Å². The summed E-state index contributed by atoms with van der Waals surface area (Å²) in [5.74, 6) is 1.00. The SMILES string of the molecule is CN1CCC2(CC1)COc1ccc(CNC(=O)OC(C)(C)C)cc12. The number of alkyl carbamates (subject to hydrolysis) is 1. The minimum atomic E-state index is -0.478. The summed E-state index contributed by atoms with van der Waals surface area (Å²) in [5, 5.41) is 2.83. The Hall–Kier alpha value is -1.75. The lowest BCUT2D eigenvalue weighted by molar-refractivity contribution is 0.0523. The van der Waals surface area contributed by atoms with Crippen LogP contribution in [0, 0.1) is 0 Å². The first kappa shape index (κ1) is 17.1.